The van der Waals surface area contributed by atoms with E-state index in [0.29, 0.717) is 117 Å². The second-order valence-electron chi connectivity index (χ2n) is 12.4. The smallest absolute Gasteiger partial charge is 0.261 e. The van der Waals surface area contributed by atoms with Crippen LogP contribution in [0, 0.1) is 0 Å². The van der Waals surface area contributed by atoms with Gasteiger partial charge in [-0.05, 0) is 18.6 Å². The summed E-state index contributed by atoms with van der Waals surface area (Å²) in [5.74, 6) is -0.546. The maximum Gasteiger partial charge on any atom is 0.261 e. The van der Waals surface area contributed by atoms with E-state index in [0.717, 1.165) is 13.0 Å². The van der Waals surface area contributed by atoms with Crippen molar-refractivity contribution >= 4 is 11.8 Å². The van der Waals surface area contributed by atoms with Crippen LogP contribution in [-0.2, 0) is 42.6 Å². The Morgan fingerprint density at radius 1 is 0.373 bits per heavy atom. The van der Waals surface area contributed by atoms with E-state index in [9.17, 15) is 9.59 Å². The van der Waals surface area contributed by atoms with Crippen LogP contribution >= 0.6 is 0 Å². The average Bonchev–Trinajstić information content (AvgIpc) is 3.39. The summed E-state index contributed by atoms with van der Waals surface area (Å²) in [7, 11) is 0. The molecule has 1 heterocycles. The first kappa shape index (κ1) is 45.2. The van der Waals surface area contributed by atoms with Gasteiger partial charge in [-0.2, -0.15) is 0 Å². The van der Waals surface area contributed by atoms with Gasteiger partial charge in [-0.1, -0.05) is 83.3 Å². The van der Waals surface area contributed by atoms with E-state index in [2.05, 4.69) is 6.92 Å². The molecule has 2 amide bonds. The summed E-state index contributed by atoms with van der Waals surface area (Å²) < 4.78 is 49.7. The lowest BCUT2D eigenvalue weighted by Crippen LogP contribution is -2.33. The van der Waals surface area contributed by atoms with Gasteiger partial charge in [0.25, 0.3) is 11.8 Å². The van der Waals surface area contributed by atoms with Crippen LogP contribution < -0.4 is 0 Å². The molecule has 0 bridgehead atoms. The molecule has 294 valence electrons. The zero-order valence-electron chi connectivity index (χ0n) is 31.5. The number of amides is 2. The number of unbranched alkanes of at least 4 members (excludes halogenated alkanes) is 10. The third-order valence-corrected chi connectivity index (χ3v) is 8.21. The van der Waals surface area contributed by atoms with Crippen molar-refractivity contribution < 1.29 is 52.2 Å². The fourth-order valence-corrected chi connectivity index (χ4v) is 5.33. The Kier molecular flexibility index (Phi) is 29.9. The molecule has 0 fully saturated rings. The van der Waals surface area contributed by atoms with Crippen LogP contribution in [0.15, 0.2) is 24.3 Å². The molecule has 0 aromatic heterocycles. The Hall–Kier alpha value is -2.00. The number of nitrogens with zero attached hydrogens (tertiary/aromatic N) is 1. The lowest BCUT2D eigenvalue weighted by Gasteiger charge is -2.13. The zero-order valence-corrected chi connectivity index (χ0v) is 31.5. The van der Waals surface area contributed by atoms with Gasteiger partial charge in [0.05, 0.1) is 130 Å². The molecule has 1 aromatic rings. The lowest BCUT2D eigenvalue weighted by atomic mass is 10.1. The first-order chi connectivity index (χ1) is 25.3. The van der Waals surface area contributed by atoms with Gasteiger partial charge in [0, 0.05) is 6.61 Å². The number of hydrogen-bond donors (Lipinski definition) is 0. The molecule has 12 nitrogen and oxygen atoms in total. The topological polar surface area (TPSA) is 120 Å². The molecule has 1 aliphatic heterocycles. The average molecular weight is 726 g/mol. The maximum absolute atomic E-state index is 12.3. The Labute approximate surface area is 307 Å². The highest BCUT2D eigenvalue weighted by Gasteiger charge is 2.34. The van der Waals surface area contributed by atoms with Gasteiger partial charge in [0.15, 0.2) is 0 Å². The fourth-order valence-electron chi connectivity index (χ4n) is 5.33. The van der Waals surface area contributed by atoms with Crippen LogP contribution in [0.2, 0.25) is 0 Å². The molecule has 1 aromatic carbocycles. The molecule has 0 N–H and O–H groups in total. The van der Waals surface area contributed by atoms with Crippen molar-refractivity contribution in [3.63, 3.8) is 0 Å². The molecule has 12 heteroatoms. The van der Waals surface area contributed by atoms with E-state index >= 15 is 0 Å². The lowest BCUT2D eigenvalue weighted by molar-refractivity contribution is -0.0252. The van der Waals surface area contributed by atoms with E-state index in [-0.39, 0.29) is 25.0 Å². The van der Waals surface area contributed by atoms with Crippen LogP contribution in [0.3, 0.4) is 0 Å². The summed E-state index contributed by atoms with van der Waals surface area (Å²) in [6.45, 7) is 11.6. The highest BCUT2D eigenvalue weighted by molar-refractivity contribution is 6.21. The van der Waals surface area contributed by atoms with E-state index in [1.54, 1.807) is 24.3 Å². The molecule has 0 aliphatic carbocycles. The largest absolute Gasteiger partial charge is 0.379 e. The molecule has 0 unspecified atom stereocenters. The number of ether oxygens (including phenoxy) is 9. The number of rotatable bonds is 39. The van der Waals surface area contributed by atoms with E-state index in [1.165, 1.54) is 69.1 Å². The molecular formula is C39H67NO11. The monoisotopic (exact) mass is 725 g/mol. The molecule has 0 atom stereocenters. The van der Waals surface area contributed by atoms with Gasteiger partial charge in [-0.25, -0.2) is 0 Å². The molecule has 0 spiro atoms. The first-order valence-electron chi connectivity index (χ1n) is 19.4. The first-order valence-corrected chi connectivity index (χ1v) is 19.4. The number of fused-ring (bicyclic) bond motifs is 1. The van der Waals surface area contributed by atoms with Crippen LogP contribution in [-0.4, -0.2) is 142 Å². The standard InChI is InChI=1S/C39H67NO11/c1-2-3-4-5-6-7-8-9-10-11-14-18-43-20-22-45-24-26-47-28-30-49-32-34-51-35-33-50-31-29-48-27-25-46-23-21-44-19-17-40-38(41)36-15-12-13-16-37(36)39(40)42/h12-13,15-16H,2-11,14,17-35H2,1H3. The Morgan fingerprint density at radius 2 is 0.647 bits per heavy atom. The summed E-state index contributed by atoms with van der Waals surface area (Å²) in [5, 5.41) is 0. The van der Waals surface area contributed by atoms with Gasteiger partial charge in [-0.15, -0.1) is 0 Å². The predicted molar refractivity (Wildman–Crippen MR) is 196 cm³/mol. The van der Waals surface area contributed by atoms with Gasteiger partial charge < -0.3 is 42.6 Å². The van der Waals surface area contributed by atoms with Gasteiger partial charge in [-0.3, -0.25) is 14.5 Å². The highest BCUT2D eigenvalue weighted by Crippen LogP contribution is 2.21. The summed E-state index contributed by atoms with van der Waals surface area (Å²) in [6, 6.07) is 6.84. The predicted octanol–water partition coefficient (Wildman–Crippen LogP) is 5.74. The van der Waals surface area contributed by atoms with Crippen molar-refractivity contribution in [3.8, 4) is 0 Å². The summed E-state index contributed by atoms with van der Waals surface area (Å²) >= 11 is 0. The van der Waals surface area contributed by atoms with Crippen molar-refractivity contribution in [2.45, 2.75) is 77.6 Å². The quantitative estimate of drug-likeness (QED) is 0.0610. The third-order valence-electron chi connectivity index (χ3n) is 8.21. The second kappa shape index (κ2) is 33.8. The van der Waals surface area contributed by atoms with E-state index in [4.69, 9.17) is 42.6 Å². The van der Waals surface area contributed by atoms with Crippen LogP contribution in [0.5, 0.6) is 0 Å². The minimum Gasteiger partial charge on any atom is -0.379 e. The second-order valence-corrected chi connectivity index (χ2v) is 12.4. The van der Waals surface area contributed by atoms with Crippen LogP contribution in [0.4, 0.5) is 0 Å². The summed E-state index contributed by atoms with van der Waals surface area (Å²) in [4.78, 5) is 25.8. The third kappa shape index (κ3) is 24.0. The van der Waals surface area contributed by atoms with Crippen LogP contribution in [0.1, 0.15) is 98.3 Å². The summed E-state index contributed by atoms with van der Waals surface area (Å²) in [6.07, 6.45) is 14.8. The van der Waals surface area contributed by atoms with Crippen molar-refractivity contribution in [1.82, 2.24) is 4.90 Å². The van der Waals surface area contributed by atoms with Crippen molar-refractivity contribution in [3.05, 3.63) is 35.4 Å². The van der Waals surface area contributed by atoms with Crippen molar-refractivity contribution in [1.29, 1.82) is 0 Å². The molecule has 0 saturated heterocycles. The SMILES string of the molecule is CCCCCCCCCCCCCOCCOCCOCCOCCOCCOCCOCCOCCOCCN1C(=O)c2ccccc2C1=O. The van der Waals surface area contributed by atoms with Crippen molar-refractivity contribution in [2.24, 2.45) is 0 Å². The van der Waals surface area contributed by atoms with E-state index < -0.39 is 0 Å². The van der Waals surface area contributed by atoms with Gasteiger partial charge in [0.1, 0.15) is 0 Å². The van der Waals surface area contributed by atoms with Crippen molar-refractivity contribution in [2.75, 3.05) is 125 Å². The number of imide groups is 1. The Morgan fingerprint density at radius 3 is 0.980 bits per heavy atom. The van der Waals surface area contributed by atoms with Gasteiger partial charge in [0.2, 0.25) is 0 Å². The molecule has 1 aliphatic rings. The Balaban J connectivity index is 1.16. The number of carbonyl (C=O) groups is 2. The summed E-state index contributed by atoms with van der Waals surface area (Å²) in [5.41, 5.74) is 0.893. The van der Waals surface area contributed by atoms with E-state index in [1.807, 2.05) is 0 Å². The Bertz CT molecular complexity index is 932. The molecular weight excluding hydrogens is 658 g/mol. The highest BCUT2D eigenvalue weighted by atomic mass is 16.6. The zero-order chi connectivity index (χ0) is 36.3. The number of hydrogen-bond acceptors (Lipinski definition) is 11. The number of benzene rings is 1. The maximum atomic E-state index is 12.3. The van der Waals surface area contributed by atoms with Crippen LogP contribution in [0.25, 0.3) is 0 Å². The number of carbonyl (C=O) groups excluding carboxylic acids is 2. The normalized spacial score (nSPS) is 12.8. The fraction of sp³-hybridized carbons (Fsp3) is 0.795. The molecule has 0 saturated carbocycles. The minimum atomic E-state index is -0.273. The molecule has 2 rings (SSSR count). The minimum absolute atomic E-state index is 0.219. The molecule has 0 radical (unpaired) electrons. The molecule has 51 heavy (non-hydrogen) atoms. The van der Waals surface area contributed by atoms with Gasteiger partial charge >= 0.3 is 0 Å².